The summed E-state index contributed by atoms with van der Waals surface area (Å²) in [4.78, 5) is 22.6. The Morgan fingerprint density at radius 1 is 1.06 bits per heavy atom. The lowest BCUT2D eigenvalue weighted by atomic mass is 9.79. The number of pyridine rings is 1. The number of esters is 1. The van der Waals surface area contributed by atoms with Crippen molar-refractivity contribution in [1.82, 2.24) is 24.3 Å². The zero-order valence-corrected chi connectivity index (χ0v) is 26.8. The van der Waals surface area contributed by atoms with Crippen molar-refractivity contribution in [3.8, 4) is 23.2 Å². The number of imidazole rings is 1. The molecule has 0 bridgehead atoms. The number of rotatable bonds is 11. The van der Waals surface area contributed by atoms with E-state index >= 15 is 0 Å². The number of methoxy groups -OCH3 is 2. The van der Waals surface area contributed by atoms with Crippen LogP contribution in [-0.2, 0) is 36.1 Å². The molecule has 0 atom stereocenters. The van der Waals surface area contributed by atoms with Crippen molar-refractivity contribution in [1.29, 1.82) is 5.26 Å². The van der Waals surface area contributed by atoms with Gasteiger partial charge in [-0.15, -0.1) is 0 Å². The molecule has 1 fully saturated rings. The van der Waals surface area contributed by atoms with Gasteiger partial charge < -0.3 is 18.8 Å². The Morgan fingerprint density at radius 3 is 2.60 bits per heavy atom. The highest BCUT2D eigenvalue weighted by Gasteiger charge is 2.27. The van der Waals surface area contributed by atoms with Gasteiger partial charge in [0.1, 0.15) is 18.2 Å². The first kappa shape index (κ1) is 31.9. The number of carbonyl (C=O) groups is 1. The summed E-state index contributed by atoms with van der Waals surface area (Å²) >= 11 is 0. The van der Waals surface area contributed by atoms with Gasteiger partial charge in [-0.25, -0.2) is 19.2 Å². The summed E-state index contributed by atoms with van der Waals surface area (Å²) in [5.41, 5.74) is 5.27. The van der Waals surface area contributed by atoms with Crippen molar-refractivity contribution in [3.63, 3.8) is 0 Å². The third kappa shape index (κ3) is 7.03. The fraction of sp³-hybridized carbons (Fsp3) is 0.361. The minimum Gasteiger partial charge on any atom is -0.473 e. The van der Waals surface area contributed by atoms with Gasteiger partial charge in [-0.2, -0.15) is 10.4 Å². The Morgan fingerprint density at radius 2 is 1.89 bits per heavy atom. The summed E-state index contributed by atoms with van der Waals surface area (Å²) in [7, 11) is 4.92. The van der Waals surface area contributed by atoms with Gasteiger partial charge in [0, 0.05) is 62.1 Å². The first-order valence-electron chi connectivity index (χ1n) is 15.8. The van der Waals surface area contributed by atoms with Crippen LogP contribution in [-0.4, -0.2) is 51.1 Å². The first-order chi connectivity index (χ1) is 22.9. The van der Waals surface area contributed by atoms with Gasteiger partial charge in [0.15, 0.2) is 0 Å². The van der Waals surface area contributed by atoms with E-state index in [9.17, 15) is 9.18 Å². The number of aryl methyl sites for hydroxylation is 1. The van der Waals surface area contributed by atoms with Crippen molar-refractivity contribution >= 4 is 17.0 Å². The number of benzene rings is 2. The lowest BCUT2D eigenvalue weighted by molar-refractivity contribution is 0.0601. The van der Waals surface area contributed by atoms with E-state index in [4.69, 9.17) is 29.4 Å². The number of aromatic nitrogens is 5. The molecule has 0 spiro atoms. The van der Waals surface area contributed by atoms with Gasteiger partial charge in [-0.3, -0.25) is 4.68 Å². The average Bonchev–Trinajstić information content (AvgIpc) is 3.68. The van der Waals surface area contributed by atoms with Crippen molar-refractivity contribution in [3.05, 3.63) is 94.8 Å². The SMILES string of the molecule is COCCn1c(CC2CCC(c3cccc(OCc4ccc(C#N)cc4F)n3)CC2)nc2c(-c3ccn(C)n3)cc(C(=O)OC)cc21. The van der Waals surface area contributed by atoms with Crippen LogP contribution in [0.2, 0.25) is 0 Å². The molecule has 5 aromatic rings. The van der Waals surface area contributed by atoms with Crippen molar-refractivity contribution in [2.75, 3.05) is 20.8 Å². The molecule has 3 heterocycles. The maximum atomic E-state index is 14.3. The minimum absolute atomic E-state index is 0.0357. The van der Waals surface area contributed by atoms with Crippen molar-refractivity contribution < 1.29 is 23.4 Å². The Kier molecular flexibility index (Phi) is 9.59. The van der Waals surface area contributed by atoms with E-state index in [1.807, 2.05) is 49.6 Å². The smallest absolute Gasteiger partial charge is 0.337 e. The second-order valence-corrected chi connectivity index (χ2v) is 12.0. The highest BCUT2D eigenvalue weighted by Crippen LogP contribution is 2.38. The molecular formula is C36H37FN6O4. The summed E-state index contributed by atoms with van der Waals surface area (Å²) in [5, 5.41) is 13.6. The monoisotopic (exact) mass is 636 g/mol. The van der Waals surface area contributed by atoms with E-state index in [-0.39, 0.29) is 12.2 Å². The lowest BCUT2D eigenvalue weighted by Gasteiger charge is -2.28. The highest BCUT2D eigenvalue weighted by atomic mass is 19.1. The normalized spacial score (nSPS) is 16.2. The quantitative estimate of drug-likeness (QED) is 0.154. The molecule has 47 heavy (non-hydrogen) atoms. The van der Waals surface area contributed by atoms with Gasteiger partial charge in [0.05, 0.1) is 47.6 Å². The number of halogens is 1. The summed E-state index contributed by atoms with van der Waals surface area (Å²) in [6.45, 7) is 1.15. The highest BCUT2D eigenvalue weighted by molar-refractivity contribution is 6.00. The zero-order valence-electron chi connectivity index (χ0n) is 26.8. The van der Waals surface area contributed by atoms with Crippen molar-refractivity contribution in [2.24, 2.45) is 13.0 Å². The zero-order chi connectivity index (χ0) is 32.9. The molecule has 0 amide bonds. The van der Waals surface area contributed by atoms with E-state index in [0.717, 1.165) is 65.9 Å². The van der Waals surface area contributed by atoms with Crippen molar-refractivity contribution in [2.45, 2.75) is 51.2 Å². The third-order valence-corrected chi connectivity index (χ3v) is 8.90. The molecule has 0 saturated heterocycles. The van der Waals surface area contributed by atoms with Crippen LogP contribution in [0.15, 0.2) is 60.8 Å². The van der Waals surface area contributed by atoms with Gasteiger partial charge in [-0.1, -0.05) is 12.1 Å². The summed E-state index contributed by atoms with van der Waals surface area (Å²) in [6.07, 6.45) is 6.67. The van der Waals surface area contributed by atoms with E-state index in [1.165, 1.54) is 13.2 Å². The van der Waals surface area contributed by atoms with Crippen LogP contribution in [0, 0.1) is 23.1 Å². The molecular weight excluding hydrogens is 599 g/mol. The van der Waals surface area contributed by atoms with Gasteiger partial charge >= 0.3 is 5.97 Å². The van der Waals surface area contributed by atoms with Crippen LogP contribution in [0.5, 0.6) is 5.88 Å². The Balaban J connectivity index is 1.18. The maximum absolute atomic E-state index is 14.3. The number of nitrogens with zero attached hydrogens (tertiary/aromatic N) is 6. The van der Waals surface area contributed by atoms with Crippen LogP contribution in [0.1, 0.15) is 64.6 Å². The summed E-state index contributed by atoms with van der Waals surface area (Å²) in [6, 6.07) is 17.6. The van der Waals surface area contributed by atoms with Crippen LogP contribution >= 0.6 is 0 Å². The predicted octanol–water partition coefficient (Wildman–Crippen LogP) is 6.37. The van der Waals surface area contributed by atoms with Crippen LogP contribution in [0.4, 0.5) is 4.39 Å². The molecule has 1 saturated carbocycles. The molecule has 11 heteroatoms. The Labute approximate surface area is 272 Å². The van der Waals surface area contributed by atoms with E-state index < -0.39 is 11.8 Å². The average molecular weight is 637 g/mol. The maximum Gasteiger partial charge on any atom is 0.337 e. The minimum atomic E-state index is -0.467. The number of ether oxygens (including phenoxy) is 3. The molecule has 0 aliphatic heterocycles. The standard InChI is InChI=1S/C36H37FN6O4/c1-42-14-13-31(41-42)28-19-27(36(44)46-3)20-32-35(28)40-33(43(32)15-16-45-2)18-23-7-10-25(11-8-23)30-5-4-6-34(39-30)47-22-26-12-9-24(21-38)17-29(26)37/h4-6,9,12-14,17,19-20,23,25H,7-8,10-11,15-16,18,22H2,1-3H3. The van der Waals surface area contributed by atoms with Crippen LogP contribution < -0.4 is 4.74 Å². The topological polar surface area (TPSA) is 117 Å². The van der Waals surface area contributed by atoms with Crippen LogP contribution in [0.3, 0.4) is 0 Å². The number of hydrogen-bond acceptors (Lipinski definition) is 8. The van der Waals surface area contributed by atoms with E-state index in [2.05, 4.69) is 9.67 Å². The Hall–Kier alpha value is -5.08. The number of nitriles is 1. The first-order valence-corrected chi connectivity index (χ1v) is 15.8. The molecule has 1 aliphatic carbocycles. The molecule has 2 aromatic carbocycles. The number of hydrogen-bond donors (Lipinski definition) is 0. The fourth-order valence-corrected chi connectivity index (χ4v) is 6.39. The third-order valence-electron chi connectivity index (χ3n) is 8.90. The second kappa shape index (κ2) is 14.1. The van der Waals surface area contributed by atoms with Gasteiger partial charge in [0.25, 0.3) is 0 Å². The lowest BCUT2D eigenvalue weighted by Crippen LogP contribution is -2.19. The molecule has 6 rings (SSSR count). The molecule has 0 N–H and O–H groups in total. The van der Waals surface area contributed by atoms with E-state index in [1.54, 1.807) is 30.0 Å². The summed E-state index contributed by atoms with van der Waals surface area (Å²) < 4.78 is 34.6. The molecule has 0 unspecified atom stereocenters. The summed E-state index contributed by atoms with van der Waals surface area (Å²) in [5.74, 6) is 1.27. The fourth-order valence-electron chi connectivity index (χ4n) is 6.39. The van der Waals surface area contributed by atoms with E-state index in [0.29, 0.717) is 42.0 Å². The molecule has 0 radical (unpaired) electrons. The van der Waals surface area contributed by atoms with Gasteiger partial charge in [-0.05, 0) is 68.0 Å². The number of fused-ring (bicyclic) bond motifs is 1. The molecule has 242 valence electrons. The Bertz CT molecular complexity index is 1940. The van der Waals surface area contributed by atoms with Crippen LogP contribution in [0.25, 0.3) is 22.3 Å². The predicted molar refractivity (Wildman–Crippen MR) is 173 cm³/mol. The second-order valence-electron chi connectivity index (χ2n) is 12.0. The molecule has 3 aromatic heterocycles. The molecule has 1 aliphatic rings. The number of carbonyl (C=O) groups excluding carboxylic acids is 1. The molecule has 10 nitrogen and oxygen atoms in total. The van der Waals surface area contributed by atoms with Gasteiger partial charge in [0.2, 0.25) is 5.88 Å². The largest absolute Gasteiger partial charge is 0.473 e.